The molecular weight excluding hydrogens is 406 g/mol. The maximum absolute atomic E-state index is 11.3. The van der Waals surface area contributed by atoms with Crippen LogP contribution in [0, 0.1) is 5.41 Å². The first kappa shape index (κ1) is 14.9. The summed E-state index contributed by atoms with van der Waals surface area (Å²) >= 11 is 4.80. The van der Waals surface area contributed by atoms with E-state index in [-0.39, 0.29) is 11.4 Å². The number of ether oxygens (including phenoxy) is 1. The summed E-state index contributed by atoms with van der Waals surface area (Å²) in [6, 6.07) is 0. The number of alkyl halides is 2. The summed E-state index contributed by atoms with van der Waals surface area (Å²) in [6.45, 7) is 6.19. The van der Waals surface area contributed by atoms with Gasteiger partial charge < -0.3 is 4.74 Å². The van der Waals surface area contributed by atoms with Gasteiger partial charge in [-0.15, -0.1) is 0 Å². The lowest BCUT2D eigenvalue weighted by atomic mass is 9.97. The van der Waals surface area contributed by atoms with Crippen LogP contribution in [0.1, 0.15) is 40.0 Å². The highest BCUT2D eigenvalue weighted by Gasteiger charge is 2.22. The summed E-state index contributed by atoms with van der Waals surface area (Å²) in [7, 11) is 0. The van der Waals surface area contributed by atoms with E-state index in [1.807, 2.05) is 20.8 Å². The molecule has 0 atom stereocenters. The summed E-state index contributed by atoms with van der Waals surface area (Å²) in [5.74, 6) is -0.0991. The molecule has 0 bridgehead atoms. The van der Waals surface area contributed by atoms with Crippen molar-refractivity contribution in [2.45, 2.75) is 42.0 Å². The van der Waals surface area contributed by atoms with E-state index in [4.69, 9.17) is 4.74 Å². The van der Waals surface area contributed by atoms with Crippen LogP contribution in [-0.4, -0.2) is 14.5 Å². The second kappa shape index (κ2) is 7.24. The number of rotatable bonds is 5. The zero-order valence-electron chi connectivity index (χ0n) is 8.98. The Labute approximate surface area is 114 Å². The van der Waals surface area contributed by atoms with E-state index in [0.717, 1.165) is 12.8 Å². The molecule has 84 valence electrons. The van der Waals surface area contributed by atoms with Crippen molar-refractivity contribution in [3.05, 3.63) is 0 Å². The van der Waals surface area contributed by atoms with E-state index in [0.29, 0.717) is 8.54 Å². The van der Waals surface area contributed by atoms with Crippen molar-refractivity contribution in [1.29, 1.82) is 0 Å². The predicted octanol–water partition coefficient (Wildman–Crippen LogP) is 3.94. The third-order valence-electron chi connectivity index (χ3n) is 1.66. The van der Waals surface area contributed by atoms with E-state index < -0.39 is 0 Å². The molecule has 0 N–H and O–H groups in total. The van der Waals surface area contributed by atoms with Gasteiger partial charge in [-0.25, -0.2) is 0 Å². The Hall–Kier alpha value is 0.930. The summed E-state index contributed by atoms with van der Waals surface area (Å²) in [4.78, 5) is 11.3. The average Bonchev–Trinajstić information content (AvgIpc) is 2.01. The van der Waals surface area contributed by atoms with Gasteiger partial charge in [0.05, 0.1) is 14.0 Å². The van der Waals surface area contributed by atoms with Gasteiger partial charge in [0, 0.05) is 0 Å². The van der Waals surface area contributed by atoms with Crippen molar-refractivity contribution in [3.8, 4) is 0 Å². The summed E-state index contributed by atoms with van der Waals surface area (Å²) in [5.41, 5.74) is -0.366. The molecule has 0 saturated carbocycles. The lowest BCUT2D eigenvalue weighted by Crippen LogP contribution is -2.23. The highest BCUT2D eigenvalue weighted by atomic mass is 127. The number of unbranched alkanes of at least 4 members (excludes halogenated alkanes) is 1. The zero-order valence-corrected chi connectivity index (χ0v) is 13.3. The Morgan fingerprint density at radius 1 is 1.29 bits per heavy atom. The molecule has 0 amide bonds. The normalized spacial score (nSPS) is 11.9. The van der Waals surface area contributed by atoms with Gasteiger partial charge in [0.2, 0.25) is 0 Å². The number of carbonyl (C=O) groups excluding carboxylic acids is 1. The first-order chi connectivity index (χ1) is 6.34. The Morgan fingerprint density at radius 2 is 1.86 bits per heavy atom. The fourth-order valence-electron chi connectivity index (χ4n) is 0.782. The number of esters is 1. The predicted molar refractivity (Wildman–Crippen MR) is 76.1 cm³/mol. The van der Waals surface area contributed by atoms with Gasteiger partial charge in [0.25, 0.3) is 0 Å². The maximum atomic E-state index is 11.3. The Kier molecular flexibility index (Phi) is 7.73. The largest absolute Gasteiger partial charge is 0.465 e. The molecule has 0 saturated heterocycles. The van der Waals surface area contributed by atoms with Crippen molar-refractivity contribution in [2.75, 3.05) is 6.61 Å². The minimum atomic E-state index is -0.366. The van der Waals surface area contributed by atoms with Gasteiger partial charge in [0.15, 0.2) is 0 Å². The van der Waals surface area contributed by atoms with Crippen molar-refractivity contribution >= 4 is 51.2 Å². The fourth-order valence-corrected chi connectivity index (χ4v) is 1.66. The van der Waals surface area contributed by atoms with Crippen LogP contribution in [0.2, 0.25) is 0 Å². The zero-order chi connectivity index (χ0) is 11.2. The van der Waals surface area contributed by atoms with E-state index in [2.05, 4.69) is 45.2 Å². The lowest BCUT2D eigenvalue weighted by Gasteiger charge is -2.16. The molecule has 0 aliphatic carbocycles. The first-order valence-electron chi connectivity index (χ1n) is 4.79. The third-order valence-corrected chi connectivity index (χ3v) is 2.91. The summed E-state index contributed by atoms with van der Waals surface area (Å²) in [5, 5.41) is 0. The standard InChI is InChI=1S/C10H18I2O2/c1-10(2,3)9(13)14-7-5-4-6-8(11)12/h8H,4-7H2,1-3H3. The van der Waals surface area contributed by atoms with Crippen LogP contribution in [0.4, 0.5) is 0 Å². The van der Waals surface area contributed by atoms with Crippen LogP contribution in [0.3, 0.4) is 0 Å². The minimum absolute atomic E-state index is 0.0991. The Balaban J connectivity index is 3.42. The van der Waals surface area contributed by atoms with Crippen LogP contribution in [0.15, 0.2) is 0 Å². The van der Waals surface area contributed by atoms with E-state index in [9.17, 15) is 4.79 Å². The van der Waals surface area contributed by atoms with Gasteiger partial charge >= 0.3 is 5.97 Å². The minimum Gasteiger partial charge on any atom is -0.465 e. The van der Waals surface area contributed by atoms with Crippen LogP contribution < -0.4 is 0 Å². The molecule has 2 nitrogen and oxygen atoms in total. The van der Waals surface area contributed by atoms with Gasteiger partial charge in [-0.3, -0.25) is 4.79 Å². The van der Waals surface area contributed by atoms with Crippen molar-refractivity contribution in [1.82, 2.24) is 0 Å². The van der Waals surface area contributed by atoms with Crippen LogP contribution in [-0.2, 0) is 9.53 Å². The highest BCUT2D eigenvalue weighted by molar-refractivity contribution is 14.2. The van der Waals surface area contributed by atoms with Crippen molar-refractivity contribution in [2.24, 2.45) is 5.41 Å². The molecule has 0 aromatic rings. The summed E-state index contributed by atoms with van der Waals surface area (Å²) < 4.78 is 5.83. The average molecular weight is 424 g/mol. The van der Waals surface area contributed by atoms with Crippen LogP contribution >= 0.6 is 45.2 Å². The molecule has 0 unspecified atom stereocenters. The van der Waals surface area contributed by atoms with E-state index in [1.54, 1.807) is 0 Å². The number of halogens is 2. The Morgan fingerprint density at radius 3 is 2.29 bits per heavy atom. The molecule has 0 aromatic carbocycles. The van der Waals surface area contributed by atoms with E-state index >= 15 is 0 Å². The smallest absolute Gasteiger partial charge is 0.311 e. The van der Waals surface area contributed by atoms with Gasteiger partial charge in [0.1, 0.15) is 0 Å². The molecule has 0 spiro atoms. The molecule has 0 aliphatic heterocycles. The molecule has 4 heteroatoms. The number of hydrogen-bond acceptors (Lipinski definition) is 2. The van der Waals surface area contributed by atoms with Crippen molar-refractivity contribution in [3.63, 3.8) is 0 Å². The quantitative estimate of drug-likeness (QED) is 0.290. The fraction of sp³-hybridized carbons (Fsp3) is 0.900. The van der Waals surface area contributed by atoms with Gasteiger partial charge in [-0.1, -0.05) is 45.2 Å². The van der Waals surface area contributed by atoms with Gasteiger partial charge in [-0.05, 0) is 40.0 Å². The molecule has 0 radical (unpaired) electrons. The van der Waals surface area contributed by atoms with Crippen LogP contribution in [0.25, 0.3) is 0 Å². The molecule has 14 heavy (non-hydrogen) atoms. The molecule has 0 aromatic heterocycles. The topological polar surface area (TPSA) is 26.3 Å². The number of carbonyl (C=O) groups is 1. The molecule has 0 fully saturated rings. The maximum Gasteiger partial charge on any atom is 0.311 e. The summed E-state index contributed by atoms with van der Waals surface area (Å²) in [6.07, 6.45) is 3.30. The second-order valence-electron chi connectivity index (χ2n) is 4.27. The molecule has 0 heterocycles. The Bertz CT molecular complexity index is 173. The van der Waals surface area contributed by atoms with Gasteiger partial charge in [-0.2, -0.15) is 0 Å². The lowest BCUT2D eigenvalue weighted by molar-refractivity contribution is -0.153. The second-order valence-corrected chi connectivity index (χ2v) is 9.66. The van der Waals surface area contributed by atoms with Crippen LogP contribution in [0.5, 0.6) is 0 Å². The SMILES string of the molecule is CC(C)(C)C(=O)OCCCCC(I)I. The first-order valence-corrected chi connectivity index (χ1v) is 7.28. The molecule has 0 aliphatic rings. The molecular formula is C10H18I2O2. The monoisotopic (exact) mass is 424 g/mol. The van der Waals surface area contributed by atoms with Crippen molar-refractivity contribution < 1.29 is 9.53 Å². The molecule has 0 rings (SSSR count). The highest BCUT2D eigenvalue weighted by Crippen LogP contribution is 2.18. The van der Waals surface area contributed by atoms with E-state index in [1.165, 1.54) is 6.42 Å². The number of hydrogen-bond donors (Lipinski definition) is 0. The third kappa shape index (κ3) is 8.26.